The van der Waals surface area contributed by atoms with Crippen molar-refractivity contribution in [3.63, 3.8) is 0 Å². The number of hydrogen-bond donors (Lipinski definition) is 0. The quantitative estimate of drug-likeness (QED) is 0.441. The molecule has 7 heteroatoms. The number of fused-ring (bicyclic) bond motifs is 1. The van der Waals surface area contributed by atoms with E-state index in [1.54, 1.807) is 13.2 Å². The molecule has 1 aromatic heterocycles. The number of rotatable bonds is 7. The molecule has 6 nitrogen and oxygen atoms in total. The van der Waals surface area contributed by atoms with E-state index in [1.165, 1.54) is 17.3 Å². The predicted molar refractivity (Wildman–Crippen MR) is 115 cm³/mol. The zero-order chi connectivity index (χ0) is 20.2. The SMILES string of the molecule is C=CCn1c(SCC(=O)N2CCc3ccccc32)nnc1-c1cccc(OC)c1. The molecule has 0 spiro atoms. The van der Waals surface area contributed by atoms with Crippen LogP contribution in [0.1, 0.15) is 5.56 Å². The van der Waals surface area contributed by atoms with E-state index < -0.39 is 0 Å². The Kier molecular flexibility index (Phi) is 5.67. The van der Waals surface area contributed by atoms with Gasteiger partial charge in [0.2, 0.25) is 5.91 Å². The number of anilines is 1. The second kappa shape index (κ2) is 8.53. The third-order valence-corrected chi connectivity index (χ3v) is 5.82. The first-order chi connectivity index (χ1) is 14.2. The van der Waals surface area contributed by atoms with Gasteiger partial charge in [-0.05, 0) is 30.2 Å². The number of aromatic nitrogens is 3. The maximum Gasteiger partial charge on any atom is 0.237 e. The van der Waals surface area contributed by atoms with E-state index >= 15 is 0 Å². The van der Waals surface area contributed by atoms with Crippen LogP contribution in [0.5, 0.6) is 5.75 Å². The van der Waals surface area contributed by atoms with Crippen molar-refractivity contribution in [2.45, 2.75) is 18.1 Å². The number of methoxy groups -OCH3 is 1. The Morgan fingerprint density at radius 3 is 2.93 bits per heavy atom. The van der Waals surface area contributed by atoms with E-state index in [2.05, 4.69) is 22.8 Å². The van der Waals surface area contributed by atoms with E-state index in [1.807, 2.05) is 51.9 Å². The van der Waals surface area contributed by atoms with Crippen LogP contribution in [0.3, 0.4) is 0 Å². The maximum atomic E-state index is 12.8. The molecule has 3 aromatic rings. The van der Waals surface area contributed by atoms with Crippen molar-refractivity contribution in [2.24, 2.45) is 0 Å². The summed E-state index contributed by atoms with van der Waals surface area (Å²) < 4.78 is 7.28. The van der Waals surface area contributed by atoms with Gasteiger partial charge in [-0.2, -0.15) is 0 Å². The third-order valence-electron chi connectivity index (χ3n) is 4.87. The molecule has 1 aliphatic rings. The molecular weight excluding hydrogens is 384 g/mol. The first-order valence-corrected chi connectivity index (χ1v) is 10.4. The number of amides is 1. The Labute approximate surface area is 174 Å². The second-order valence-corrected chi connectivity index (χ2v) is 7.59. The lowest BCUT2D eigenvalue weighted by atomic mass is 10.2. The molecule has 29 heavy (non-hydrogen) atoms. The smallest absolute Gasteiger partial charge is 0.237 e. The molecule has 0 radical (unpaired) electrons. The van der Waals surface area contributed by atoms with Crippen molar-refractivity contribution in [1.82, 2.24) is 14.8 Å². The molecule has 0 aliphatic carbocycles. The molecule has 0 fully saturated rings. The third kappa shape index (κ3) is 3.91. The van der Waals surface area contributed by atoms with Crippen LogP contribution in [-0.2, 0) is 17.8 Å². The van der Waals surface area contributed by atoms with E-state index in [0.717, 1.165) is 35.8 Å². The van der Waals surface area contributed by atoms with Gasteiger partial charge in [-0.3, -0.25) is 9.36 Å². The van der Waals surface area contributed by atoms with E-state index in [4.69, 9.17) is 4.74 Å². The van der Waals surface area contributed by atoms with Crippen LogP contribution in [0.15, 0.2) is 66.3 Å². The fraction of sp³-hybridized carbons (Fsp3) is 0.227. The average Bonchev–Trinajstić information content (AvgIpc) is 3.37. The largest absolute Gasteiger partial charge is 0.497 e. The number of para-hydroxylation sites is 1. The van der Waals surface area contributed by atoms with Gasteiger partial charge in [0.1, 0.15) is 5.75 Å². The fourth-order valence-corrected chi connectivity index (χ4v) is 4.29. The molecule has 4 rings (SSSR count). The Balaban J connectivity index is 1.53. The van der Waals surface area contributed by atoms with Crippen molar-refractivity contribution in [1.29, 1.82) is 0 Å². The predicted octanol–water partition coefficient (Wildman–Crippen LogP) is 3.82. The molecule has 0 N–H and O–H groups in total. The lowest BCUT2D eigenvalue weighted by Crippen LogP contribution is -2.30. The molecule has 0 saturated carbocycles. The Bertz CT molecular complexity index is 1050. The molecule has 2 aromatic carbocycles. The number of allylic oxidation sites excluding steroid dienone is 1. The Morgan fingerprint density at radius 1 is 1.24 bits per heavy atom. The van der Waals surface area contributed by atoms with Gasteiger partial charge in [0.15, 0.2) is 11.0 Å². The minimum absolute atomic E-state index is 0.0797. The zero-order valence-electron chi connectivity index (χ0n) is 16.2. The summed E-state index contributed by atoms with van der Waals surface area (Å²) in [7, 11) is 1.64. The minimum atomic E-state index is 0.0797. The van der Waals surface area contributed by atoms with Gasteiger partial charge < -0.3 is 9.64 Å². The van der Waals surface area contributed by atoms with Gasteiger partial charge in [-0.15, -0.1) is 16.8 Å². The van der Waals surface area contributed by atoms with Gasteiger partial charge >= 0.3 is 0 Å². The fourth-order valence-electron chi connectivity index (χ4n) is 3.47. The summed E-state index contributed by atoms with van der Waals surface area (Å²) in [6.07, 6.45) is 2.70. The lowest BCUT2D eigenvalue weighted by Gasteiger charge is -2.17. The number of carbonyl (C=O) groups is 1. The summed E-state index contributed by atoms with van der Waals surface area (Å²) in [6.45, 7) is 5.13. The normalized spacial score (nSPS) is 12.7. The highest BCUT2D eigenvalue weighted by Crippen LogP contribution is 2.30. The highest BCUT2D eigenvalue weighted by atomic mass is 32.2. The van der Waals surface area contributed by atoms with Crippen LogP contribution in [-0.4, -0.2) is 40.1 Å². The van der Waals surface area contributed by atoms with Crippen LogP contribution in [0.4, 0.5) is 5.69 Å². The molecular formula is C22H22N4O2S. The van der Waals surface area contributed by atoms with Crippen molar-refractivity contribution in [3.05, 3.63) is 66.7 Å². The van der Waals surface area contributed by atoms with Crippen molar-refractivity contribution >= 4 is 23.4 Å². The summed E-state index contributed by atoms with van der Waals surface area (Å²) >= 11 is 1.40. The van der Waals surface area contributed by atoms with Crippen molar-refractivity contribution < 1.29 is 9.53 Å². The second-order valence-electron chi connectivity index (χ2n) is 6.65. The van der Waals surface area contributed by atoms with Crippen LogP contribution in [0, 0.1) is 0 Å². The van der Waals surface area contributed by atoms with Gasteiger partial charge in [0.05, 0.1) is 12.9 Å². The Hall–Kier alpha value is -3.06. The van der Waals surface area contributed by atoms with Crippen LogP contribution < -0.4 is 9.64 Å². The molecule has 0 atom stereocenters. The maximum absolute atomic E-state index is 12.8. The van der Waals surface area contributed by atoms with E-state index in [0.29, 0.717) is 17.5 Å². The van der Waals surface area contributed by atoms with Gasteiger partial charge in [-0.1, -0.05) is 48.2 Å². The number of thioether (sulfide) groups is 1. The summed E-state index contributed by atoms with van der Waals surface area (Å²) in [6, 6.07) is 15.8. The molecule has 1 amide bonds. The number of benzene rings is 2. The first-order valence-electron chi connectivity index (χ1n) is 9.41. The molecule has 2 heterocycles. The standard InChI is InChI=1S/C22H22N4O2S/c1-3-12-26-21(17-8-6-9-18(14-17)28-2)23-24-22(26)29-15-20(27)25-13-11-16-7-4-5-10-19(16)25/h3-10,14H,1,11-13,15H2,2H3. The number of ether oxygens (including phenoxy) is 1. The van der Waals surface area contributed by atoms with Gasteiger partial charge in [0, 0.05) is 24.3 Å². The Morgan fingerprint density at radius 2 is 2.10 bits per heavy atom. The average molecular weight is 407 g/mol. The topological polar surface area (TPSA) is 60.2 Å². The molecule has 0 saturated heterocycles. The summed E-state index contributed by atoms with van der Waals surface area (Å²) in [5.74, 6) is 1.87. The lowest BCUT2D eigenvalue weighted by molar-refractivity contribution is -0.116. The van der Waals surface area contributed by atoms with Crippen LogP contribution in [0.25, 0.3) is 11.4 Å². The minimum Gasteiger partial charge on any atom is -0.497 e. The summed E-state index contributed by atoms with van der Waals surface area (Å²) in [4.78, 5) is 14.7. The first kappa shape index (κ1) is 19.3. The monoisotopic (exact) mass is 406 g/mol. The van der Waals surface area contributed by atoms with Gasteiger partial charge in [0.25, 0.3) is 0 Å². The van der Waals surface area contributed by atoms with E-state index in [-0.39, 0.29) is 5.91 Å². The molecule has 1 aliphatic heterocycles. The summed E-state index contributed by atoms with van der Waals surface area (Å²) in [5, 5.41) is 9.38. The van der Waals surface area contributed by atoms with E-state index in [9.17, 15) is 4.79 Å². The van der Waals surface area contributed by atoms with Crippen molar-refractivity contribution in [2.75, 3.05) is 24.3 Å². The van der Waals surface area contributed by atoms with Crippen LogP contribution >= 0.6 is 11.8 Å². The molecule has 148 valence electrons. The van der Waals surface area contributed by atoms with Crippen LogP contribution in [0.2, 0.25) is 0 Å². The number of nitrogens with zero attached hydrogens (tertiary/aromatic N) is 4. The number of carbonyl (C=O) groups excluding carboxylic acids is 1. The molecule has 0 bridgehead atoms. The molecule has 0 unspecified atom stereocenters. The van der Waals surface area contributed by atoms with Gasteiger partial charge in [-0.25, -0.2) is 0 Å². The van der Waals surface area contributed by atoms with Crippen molar-refractivity contribution in [3.8, 4) is 17.1 Å². The zero-order valence-corrected chi connectivity index (χ0v) is 17.1. The highest BCUT2D eigenvalue weighted by Gasteiger charge is 2.25. The number of hydrogen-bond acceptors (Lipinski definition) is 5. The summed E-state index contributed by atoms with van der Waals surface area (Å²) in [5.41, 5.74) is 3.15. The highest BCUT2D eigenvalue weighted by molar-refractivity contribution is 7.99.